The Balaban J connectivity index is 2.72. The van der Waals surface area contributed by atoms with Crippen LogP contribution in [0.2, 0.25) is 0 Å². The van der Waals surface area contributed by atoms with Crippen LogP contribution in [-0.2, 0) is 4.79 Å². The van der Waals surface area contributed by atoms with E-state index in [1.54, 1.807) is 11.9 Å². The lowest BCUT2D eigenvalue weighted by atomic mass is 10.0. The van der Waals surface area contributed by atoms with Crippen LogP contribution in [0.3, 0.4) is 0 Å². The number of nitrogens with zero attached hydrogens (tertiary/aromatic N) is 1. The van der Waals surface area contributed by atoms with Gasteiger partial charge in [-0.1, -0.05) is 18.2 Å². The average molecular weight is 249 g/mol. The van der Waals surface area contributed by atoms with E-state index in [0.29, 0.717) is 13.0 Å². The highest BCUT2D eigenvalue weighted by atomic mass is 16.4. The molecule has 18 heavy (non-hydrogen) atoms. The van der Waals surface area contributed by atoms with Gasteiger partial charge in [0.1, 0.15) is 0 Å². The minimum absolute atomic E-state index is 0.0454. The minimum atomic E-state index is -0.831. The first-order valence-corrected chi connectivity index (χ1v) is 5.97. The van der Waals surface area contributed by atoms with E-state index in [4.69, 9.17) is 5.11 Å². The molecule has 1 rings (SSSR count). The molecule has 4 heteroatoms. The van der Waals surface area contributed by atoms with Gasteiger partial charge in [0.2, 0.25) is 0 Å². The number of carboxylic acid groups (broad SMARTS) is 1. The highest BCUT2D eigenvalue weighted by Gasteiger charge is 2.16. The summed E-state index contributed by atoms with van der Waals surface area (Å²) in [6.45, 7) is 4.27. The first-order valence-electron chi connectivity index (χ1n) is 5.97. The lowest BCUT2D eigenvalue weighted by molar-refractivity contribution is -0.137. The highest BCUT2D eigenvalue weighted by Crippen LogP contribution is 2.15. The number of benzene rings is 1. The van der Waals surface area contributed by atoms with Crippen molar-refractivity contribution in [2.75, 3.05) is 13.6 Å². The molecule has 0 saturated heterocycles. The second kappa shape index (κ2) is 6.19. The van der Waals surface area contributed by atoms with Crippen molar-refractivity contribution in [1.82, 2.24) is 4.90 Å². The molecule has 98 valence electrons. The Bertz CT molecular complexity index is 434. The van der Waals surface area contributed by atoms with Crippen molar-refractivity contribution in [3.05, 3.63) is 34.9 Å². The van der Waals surface area contributed by atoms with Gasteiger partial charge in [-0.2, -0.15) is 0 Å². The van der Waals surface area contributed by atoms with Gasteiger partial charge >= 0.3 is 5.97 Å². The predicted octanol–water partition coefficient (Wildman–Crippen LogP) is 2.24. The number of aryl methyl sites for hydroxylation is 2. The van der Waals surface area contributed by atoms with Crippen LogP contribution in [0.15, 0.2) is 18.2 Å². The number of amides is 1. The van der Waals surface area contributed by atoms with Crippen LogP contribution < -0.4 is 0 Å². The molecule has 0 bridgehead atoms. The molecule has 0 aliphatic carbocycles. The monoisotopic (exact) mass is 249 g/mol. The molecule has 0 heterocycles. The Hall–Kier alpha value is -1.84. The van der Waals surface area contributed by atoms with Crippen LogP contribution in [0.4, 0.5) is 0 Å². The molecule has 0 radical (unpaired) electrons. The fourth-order valence-electron chi connectivity index (χ4n) is 1.91. The van der Waals surface area contributed by atoms with Gasteiger partial charge in [-0.25, -0.2) is 0 Å². The first-order chi connectivity index (χ1) is 8.43. The lowest BCUT2D eigenvalue weighted by Gasteiger charge is -2.19. The summed E-state index contributed by atoms with van der Waals surface area (Å²) in [6, 6.07) is 5.74. The number of carboxylic acids is 1. The fraction of sp³-hybridized carbons (Fsp3) is 0.429. The van der Waals surface area contributed by atoms with E-state index in [0.717, 1.165) is 16.7 Å². The first kappa shape index (κ1) is 14.2. The Morgan fingerprint density at radius 2 is 1.78 bits per heavy atom. The van der Waals surface area contributed by atoms with Crippen molar-refractivity contribution < 1.29 is 14.7 Å². The molecule has 0 aliphatic rings. The lowest BCUT2D eigenvalue weighted by Crippen LogP contribution is -2.29. The van der Waals surface area contributed by atoms with Crippen LogP contribution in [-0.4, -0.2) is 35.5 Å². The second-order valence-corrected chi connectivity index (χ2v) is 4.49. The van der Waals surface area contributed by atoms with Crippen molar-refractivity contribution in [3.8, 4) is 0 Å². The molecule has 1 aromatic carbocycles. The predicted molar refractivity (Wildman–Crippen MR) is 69.7 cm³/mol. The summed E-state index contributed by atoms with van der Waals surface area (Å²) in [7, 11) is 1.70. The van der Waals surface area contributed by atoms with Crippen molar-refractivity contribution >= 4 is 11.9 Å². The summed E-state index contributed by atoms with van der Waals surface area (Å²) in [5.74, 6) is -0.876. The quantitative estimate of drug-likeness (QED) is 0.870. The topological polar surface area (TPSA) is 57.6 Å². The van der Waals surface area contributed by atoms with Crippen molar-refractivity contribution in [3.63, 3.8) is 0 Å². The second-order valence-electron chi connectivity index (χ2n) is 4.49. The summed E-state index contributed by atoms with van der Waals surface area (Å²) in [5, 5.41) is 8.57. The van der Waals surface area contributed by atoms with Crippen LogP contribution in [0.5, 0.6) is 0 Å². The SMILES string of the molecule is Cc1cccc(C)c1C(=O)N(C)CCCC(=O)O. The maximum Gasteiger partial charge on any atom is 0.303 e. The van der Waals surface area contributed by atoms with Crippen molar-refractivity contribution in [1.29, 1.82) is 0 Å². The van der Waals surface area contributed by atoms with Crippen LogP contribution in [0.25, 0.3) is 0 Å². The van der Waals surface area contributed by atoms with Crippen molar-refractivity contribution in [2.45, 2.75) is 26.7 Å². The molecule has 1 N–H and O–H groups in total. The summed E-state index contributed by atoms with van der Waals surface area (Å²) in [5.41, 5.74) is 2.62. The molecule has 1 aromatic rings. The number of rotatable bonds is 5. The Labute approximate surface area is 107 Å². The van der Waals surface area contributed by atoms with Crippen LogP contribution in [0.1, 0.15) is 34.3 Å². The van der Waals surface area contributed by atoms with E-state index >= 15 is 0 Å². The Morgan fingerprint density at radius 1 is 1.22 bits per heavy atom. The molecule has 0 spiro atoms. The van der Waals surface area contributed by atoms with Crippen LogP contribution >= 0.6 is 0 Å². The molecule has 1 amide bonds. The largest absolute Gasteiger partial charge is 0.481 e. The molecule has 0 aromatic heterocycles. The van der Waals surface area contributed by atoms with E-state index in [-0.39, 0.29) is 12.3 Å². The number of hydrogen-bond acceptors (Lipinski definition) is 2. The third-order valence-corrected chi connectivity index (χ3v) is 2.93. The van der Waals surface area contributed by atoms with Gasteiger partial charge < -0.3 is 10.0 Å². The normalized spacial score (nSPS) is 10.2. The van der Waals surface area contributed by atoms with Crippen molar-refractivity contribution in [2.24, 2.45) is 0 Å². The molecule has 0 atom stereocenters. The van der Waals surface area contributed by atoms with E-state index in [1.165, 1.54) is 0 Å². The number of carbonyl (C=O) groups is 2. The number of carbonyl (C=O) groups excluding carboxylic acids is 1. The van der Waals surface area contributed by atoms with Crippen LogP contribution in [0, 0.1) is 13.8 Å². The Morgan fingerprint density at radius 3 is 2.28 bits per heavy atom. The third kappa shape index (κ3) is 3.58. The van der Waals surface area contributed by atoms with Gasteiger partial charge in [0, 0.05) is 25.6 Å². The van der Waals surface area contributed by atoms with E-state index < -0.39 is 5.97 Å². The molecule has 0 unspecified atom stereocenters. The zero-order chi connectivity index (χ0) is 13.7. The summed E-state index contributed by atoms with van der Waals surface area (Å²) in [4.78, 5) is 24.2. The van der Waals surface area contributed by atoms with E-state index in [2.05, 4.69) is 0 Å². The van der Waals surface area contributed by atoms with Gasteiger partial charge in [0.15, 0.2) is 0 Å². The minimum Gasteiger partial charge on any atom is -0.481 e. The fourth-order valence-corrected chi connectivity index (χ4v) is 1.91. The molecule has 0 fully saturated rings. The van der Waals surface area contributed by atoms with Gasteiger partial charge in [0.25, 0.3) is 5.91 Å². The third-order valence-electron chi connectivity index (χ3n) is 2.93. The summed E-state index contributed by atoms with van der Waals surface area (Å²) >= 11 is 0. The zero-order valence-corrected chi connectivity index (χ0v) is 11.1. The molecular formula is C14H19NO3. The molecule has 0 aliphatic heterocycles. The standard InChI is InChI=1S/C14H19NO3/c1-10-6-4-7-11(2)13(10)14(18)15(3)9-5-8-12(16)17/h4,6-7H,5,8-9H2,1-3H3,(H,16,17). The molecule has 4 nitrogen and oxygen atoms in total. The summed E-state index contributed by atoms with van der Waals surface area (Å²) < 4.78 is 0. The van der Waals surface area contributed by atoms with Gasteiger partial charge in [-0.05, 0) is 31.4 Å². The number of aliphatic carboxylic acids is 1. The smallest absolute Gasteiger partial charge is 0.303 e. The van der Waals surface area contributed by atoms with Gasteiger partial charge in [0.05, 0.1) is 0 Å². The highest BCUT2D eigenvalue weighted by molar-refractivity contribution is 5.96. The Kier molecular flexibility index (Phi) is 4.89. The molecular weight excluding hydrogens is 230 g/mol. The number of hydrogen-bond donors (Lipinski definition) is 1. The zero-order valence-electron chi connectivity index (χ0n) is 11.1. The van der Waals surface area contributed by atoms with E-state index in [1.807, 2.05) is 32.0 Å². The maximum atomic E-state index is 12.2. The summed E-state index contributed by atoms with van der Waals surface area (Å²) in [6.07, 6.45) is 0.562. The van der Waals surface area contributed by atoms with Gasteiger partial charge in [-0.3, -0.25) is 9.59 Å². The van der Waals surface area contributed by atoms with E-state index in [9.17, 15) is 9.59 Å². The molecule has 0 saturated carbocycles. The average Bonchev–Trinajstić information content (AvgIpc) is 2.27. The maximum absolute atomic E-state index is 12.2. The van der Waals surface area contributed by atoms with Gasteiger partial charge in [-0.15, -0.1) is 0 Å².